The summed E-state index contributed by atoms with van der Waals surface area (Å²) in [6.45, 7) is 6.30. The molecule has 6 nitrogen and oxygen atoms in total. The molecule has 1 unspecified atom stereocenters. The number of carbonyl (C=O) groups excluding carboxylic acids is 2. The molecule has 0 aromatic carbocycles. The van der Waals surface area contributed by atoms with Gasteiger partial charge in [0.15, 0.2) is 0 Å². The van der Waals surface area contributed by atoms with Crippen molar-refractivity contribution in [3.8, 4) is 0 Å². The van der Waals surface area contributed by atoms with Crippen molar-refractivity contribution < 1.29 is 14.3 Å². The number of pyridine rings is 1. The molecule has 6 heteroatoms. The lowest BCUT2D eigenvalue weighted by atomic mass is 9.98. The Bertz CT molecular complexity index is 611. The van der Waals surface area contributed by atoms with Gasteiger partial charge in [0.1, 0.15) is 0 Å². The number of piperidine rings is 1. The Labute approximate surface area is 149 Å². The van der Waals surface area contributed by atoms with Crippen LogP contribution < -0.4 is 0 Å². The second-order valence-corrected chi connectivity index (χ2v) is 7.01. The smallest absolute Gasteiger partial charge is 0.255 e. The fraction of sp³-hybridized carbons (Fsp3) is 0.632. The number of nitrogens with zero attached hydrogens (tertiary/aromatic N) is 3. The molecule has 0 aliphatic carbocycles. The Morgan fingerprint density at radius 3 is 2.60 bits per heavy atom. The summed E-state index contributed by atoms with van der Waals surface area (Å²) >= 11 is 0. The number of carbonyl (C=O) groups is 2. The molecule has 1 aromatic rings. The third-order valence-electron chi connectivity index (χ3n) is 5.18. The Hall–Kier alpha value is -1.95. The van der Waals surface area contributed by atoms with Gasteiger partial charge in [-0.25, -0.2) is 0 Å². The molecular formula is C19H27N3O3. The molecule has 2 saturated heterocycles. The van der Waals surface area contributed by atoms with Gasteiger partial charge in [-0.15, -0.1) is 0 Å². The van der Waals surface area contributed by atoms with Gasteiger partial charge in [-0.1, -0.05) is 0 Å². The van der Waals surface area contributed by atoms with Crippen LogP contribution in [0.5, 0.6) is 0 Å². The molecule has 2 aliphatic heterocycles. The molecule has 0 saturated carbocycles. The number of aromatic nitrogens is 1. The van der Waals surface area contributed by atoms with E-state index in [0.29, 0.717) is 25.3 Å². The molecule has 0 radical (unpaired) electrons. The molecular weight excluding hydrogens is 318 g/mol. The summed E-state index contributed by atoms with van der Waals surface area (Å²) in [5, 5.41) is 0. The van der Waals surface area contributed by atoms with Crippen LogP contribution in [0.15, 0.2) is 18.3 Å². The van der Waals surface area contributed by atoms with E-state index in [9.17, 15) is 9.59 Å². The van der Waals surface area contributed by atoms with Gasteiger partial charge >= 0.3 is 0 Å². The highest BCUT2D eigenvalue weighted by atomic mass is 16.5. The van der Waals surface area contributed by atoms with Gasteiger partial charge in [0, 0.05) is 57.2 Å². The maximum absolute atomic E-state index is 12.8. The zero-order chi connectivity index (χ0) is 17.8. The highest BCUT2D eigenvalue weighted by Gasteiger charge is 2.34. The van der Waals surface area contributed by atoms with Crippen LogP contribution in [0.1, 0.15) is 48.7 Å². The van der Waals surface area contributed by atoms with E-state index in [1.165, 1.54) is 0 Å². The fourth-order valence-electron chi connectivity index (χ4n) is 3.92. The SMILES string of the molecule is CC(=O)N(C1CCOCC1)C1CCCN(C(=O)c2ccc(C)nc2)C1. The molecule has 2 aliphatic rings. The maximum Gasteiger partial charge on any atom is 0.255 e. The first-order valence-corrected chi connectivity index (χ1v) is 9.15. The Kier molecular flexibility index (Phi) is 5.68. The van der Waals surface area contributed by atoms with Crippen molar-refractivity contribution in [2.45, 2.75) is 51.6 Å². The normalized spacial score (nSPS) is 21.8. The Balaban J connectivity index is 1.71. The van der Waals surface area contributed by atoms with Crippen LogP contribution in [0.2, 0.25) is 0 Å². The largest absolute Gasteiger partial charge is 0.381 e. The quantitative estimate of drug-likeness (QED) is 0.841. The molecule has 0 spiro atoms. The lowest BCUT2D eigenvalue weighted by Gasteiger charge is -2.43. The van der Waals surface area contributed by atoms with E-state index >= 15 is 0 Å². The zero-order valence-electron chi connectivity index (χ0n) is 15.1. The molecule has 3 heterocycles. The Morgan fingerprint density at radius 1 is 1.20 bits per heavy atom. The molecule has 1 atom stereocenters. The highest BCUT2D eigenvalue weighted by molar-refractivity contribution is 5.94. The molecule has 2 amide bonds. The van der Waals surface area contributed by atoms with Crippen LogP contribution in [-0.2, 0) is 9.53 Å². The first-order valence-electron chi connectivity index (χ1n) is 9.15. The fourth-order valence-corrected chi connectivity index (χ4v) is 3.92. The van der Waals surface area contributed by atoms with Crippen molar-refractivity contribution >= 4 is 11.8 Å². The molecule has 136 valence electrons. The van der Waals surface area contributed by atoms with Gasteiger partial charge in [-0.2, -0.15) is 0 Å². The highest BCUT2D eigenvalue weighted by Crippen LogP contribution is 2.24. The minimum Gasteiger partial charge on any atom is -0.381 e. The van der Waals surface area contributed by atoms with Crippen molar-refractivity contribution in [1.29, 1.82) is 0 Å². The lowest BCUT2D eigenvalue weighted by Crippen LogP contribution is -2.55. The van der Waals surface area contributed by atoms with E-state index in [0.717, 1.165) is 37.9 Å². The second-order valence-electron chi connectivity index (χ2n) is 7.01. The van der Waals surface area contributed by atoms with Gasteiger partial charge in [0.2, 0.25) is 5.91 Å². The summed E-state index contributed by atoms with van der Waals surface area (Å²) in [6.07, 6.45) is 5.27. The summed E-state index contributed by atoms with van der Waals surface area (Å²) in [4.78, 5) is 33.2. The minimum absolute atomic E-state index is 0.00711. The lowest BCUT2D eigenvalue weighted by molar-refractivity contribution is -0.137. The average Bonchev–Trinajstić information content (AvgIpc) is 2.63. The van der Waals surface area contributed by atoms with Crippen LogP contribution >= 0.6 is 0 Å². The van der Waals surface area contributed by atoms with Crippen molar-refractivity contribution in [2.24, 2.45) is 0 Å². The van der Waals surface area contributed by atoms with E-state index in [-0.39, 0.29) is 23.9 Å². The van der Waals surface area contributed by atoms with E-state index in [4.69, 9.17) is 4.74 Å². The van der Waals surface area contributed by atoms with E-state index in [1.807, 2.05) is 28.9 Å². The summed E-state index contributed by atoms with van der Waals surface area (Å²) < 4.78 is 5.43. The number of amides is 2. The zero-order valence-corrected chi connectivity index (χ0v) is 15.1. The van der Waals surface area contributed by atoms with E-state index < -0.39 is 0 Å². The number of ether oxygens (including phenoxy) is 1. The molecule has 1 aromatic heterocycles. The standard InChI is InChI=1S/C19H27N3O3/c1-14-5-6-16(12-20-14)19(24)21-9-3-4-18(13-21)22(15(2)23)17-7-10-25-11-8-17/h5-6,12,17-18H,3-4,7-11,13H2,1-2H3. The second kappa shape index (κ2) is 7.95. The van der Waals surface area contributed by atoms with Gasteiger partial charge in [-0.05, 0) is 44.7 Å². The average molecular weight is 345 g/mol. The number of aryl methyl sites for hydroxylation is 1. The third-order valence-corrected chi connectivity index (χ3v) is 5.18. The van der Waals surface area contributed by atoms with Gasteiger partial charge in [0.25, 0.3) is 5.91 Å². The topological polar surface area (TPSA) is 62.7 Å². The van der Waals surface area contributed by atoms with Crippen molar-refractivity contribution in [2.75, 3.05) is 26.3 Å². The van der Waals surface area contributed by atoms with Crippen LogP contribution in [0.4, 0.5) is 0 Å². The van der Waals surface area contributed by atoms with Crippen molar-refractivity contribution in [3.05, 3.63) is 29.6 Å². The van der Waals surface area contributed by atoms with Crippen LogP contribution in [0.3, 0.4) is 0 Å². The van der Waals surface area contributed by atoms with Crippen LogP contribution in [-0.4, -0.2) is 65.0 Å². The van der Waals surface area contributed by atoms with Crippen molar-refractivity contribution in [1.82, 2.24) is 14.8 Å². The summed E-state index contributed by atoms with van der Waals surface area (Å²) in [7, 11) is 0. The molecule has 25 heavy (non-hydrogen) atoms. The predicted octanol–water partition coefficient (Wildman–Crippen LogP) is 2.02. The van der Waals surface area contributed by atoms with Crippen molar-refractivity contribution in [3.63, 3.8) is 0 Å². The first kappa shape index (κ1) is 17.9. The third kappa shape index (κ3) is 4.18. The van der Waals surface area contributed by atoms with Crippen LogP contribution in [0.25, 0.3) is 0 Å². The molecule has 0 bridgehead atoms. The minimum atomic E-state index is 0.00711. The molecule has 0 N–H and O–H groups in total. The van der Waals surface area contributed by atoms with E-state index in [1.54, 1.807) is 13.1 Å². The van der Waals surface area contributed by atoms with Gasteiger partial charge in [0.05, 0.1) is 5.56 Å². The first-order chi connectivity index (χ1) is 12.1. The number of hydrogen-bond acceptors (Lipinski definition) is 4. The molecule has 2 fully saturated rings. The monoisotopic (exact) mass is 345 g/mol. The van der Waals surface area contributed by atoms with Gasteiger partial charge in [-0.3, -0.25) is 14.6 Å². The number of rotatable bonds is 3. The Morgan fingerprint density at radius 2 is 1.96 bits per heavy atom. The number of likely N-dealkylation sites (tertiary alicyclic amines) is 1. The van der Waals surface area contributed by atoms with Crippen LogP contribution in [0, 0.1) is 6.92 Å². The van der Waals surface area contributed by atoms with Gasteiger partial charge < -0.3 is 14.5 Å². The number of hydrogen-bond donors (Lipinski definition) is 0. The maximum atomic E-state index is 12.8. The summed E-state index contributed by atoms with van der Waals surface area (Å²) in [6, 6.07) is 4.01. The summed E-state index contributed by atoms with van der Waals surface area (Å²) in [5.74, 6) is 0.107. The predicted molar refractivity (Wildman–Crippen MR) is 94.3 cm³/mol. The summed E-state index contributed by atoms with van der Waals surface area (Å²) in [5.41, 5.74) is 1.52. The van der Waals surface area contributed by atoms with E-state index in [2.05, 4.69) is 4.98 Å². The molecule has 3 rings (SSSR count).